The molecule has 1 saturated heterocycles. The van der Waals surface area contributed by atoms with E-state index in [-0.39, 0.29) is 0 Å². The summed E-state index contributed by atoms with van der Waals surface area (Å²) in [7, 11) is -3.30. The van der Waals surface area contributed by atoms with Crippen molar-refractivity contribution in [2.24, 2.45) is 0 Å². The van der Waals surface area contributed by atoms with Gasteiger partial charge in [0, 0.05) is 24.6 Å². The van der Waals surface area contributed by atoms with E-state index in [4.69, 9.17) is 0 Å². The van der Waals surface area contributed by atoms with Crippen molar-refractivity contribution in [1.82, 2.24) is 9.62 Å². The third kappa shape index (κ3) is 4.71. The standard InChI is InChI=1S/C15H24N2O2S2/c1-2-8-16-9-7-14-3-5-15(6-4-14)21(18,19)17-10-12-20-13-11-17/h3-6,16H,2,7-13H2,1H3. The molecule has 0 atom stereocenters. The van der Waals surface area contributed by atoms with E-state index in [0.29, 0.717) is 18.0 Å². The Morgan fingerprint density at radius 1 is 1.14 bits per heavy atom. The smallest absolute Gasteiger partial charge is 0.243 e. The van der Waals surface area contributed by atoms with Gasteiger partial charge in [0.05, 0.1) is 4.90 Å². The summed E-state index contributed by atoms with van der Waals surface area (Å²) in [5.74, 6) is 1.78. The maximum Gasteiger partial charge on any atom is 0.243 e. The minimum absolute atomic E-state index is 0.416. The molecule has 2 rings (SSSR count). The van der Waals surface area contributed by atoms with Gasteiger partial charge in [-0.1, -0.05) is 19.1 Å². The molecule has 1 aromatic rings. The van der Waals surface area contributed by atoms with Gasteiger partial charge in [0.1, 0.15) is 0 Å². The van der Waals surface area contributed by atoms with Crippen molar-refractivity contribution in [3.05, 3.63) is 29.8 Å². The molecule has 6 heteroatoms. The topological polar surface area (TPSA) is 49.4 Å². The van der Waals surface area contributed by atoms with Gasteiger partial charge in [0.2, 0.25) is 10.0 Å². The van der Waals surface area contributed by atoms with Crippen molar-refractivity contribution < 1.29 is 8.42 Å². The Labute approximate surface area is 132 Å². The molecule has 0 unspecified atom stereocenters. The molecule has 0 amide bonds. The predicted molar refractivity (Wildman–Crippen MR) is 89.4 cm³/mol. The van der Waals surface area contributed by atoms with Crippen LogP contribution in [0.1, 0.15) is 18.9 Å². The Hall–Kier alpha value is -0.560. The summed E-state index contributed by atoms with van der Waals surface area (Å²) in [5.41, 5.74) is 1.17. The second-order valence-corrected chi connectivity index (χ2v) is 8.32. The lowest BCUT2D eigenvalue weighted by Gasteiger charge is -2.25. The molecular weight excluding hydrogens is 304 g/mol. The maximum atomic E-state index is 12.5. The first-order chi connectivity index (χ1) is 10.1. The van der Waals surface area contributed by atoms with E-state index in [2.05, 4.69) is 12.2 Å². The van der Waals surface area contributed by atoms with E-state index < -0.39 is 10.0 Å². The highest BCUT2D eigenvalue weighted by atomic mass is 32.2. The molecule has 0 spiro atoms. The molecule has 0 aromatic heterocycles. The molecule has 0 saturated carbocycles. The largest absolute Gasteiger partial charge is 0.316 e. The maximum absolute atomic E-state index is 12.5. The summed E-state index contributed by atoms with van der Waals surface area (Å²) in [6.45, 7) is 5.35. The van der Waals surface area contributed by atoms with E-state index in [1.807, 2.05) is 23.9 Å². The summed E-state index contributed by atoms with van der Waals surface area (Å²) < 4.78 is 26.6. The molecule has 21 heavy (non-hydrogen) atoms. The summed E-state index contributed by atoms with van der Waals surface area (Å²) in [6.07, 6.45) is 2.06. The zero-order chi connectivity index (χ0) is 15.1. The number of thioether (sulfide) groups is 1. The molecule has 4 nitrogen and oxygen atoms in total. The fourth-order valence-corrected chi connectivity index (χ4v) is 4.87. The third-order valence-electron chi connectivity index (χ3n) is 3.55. The Morgan fingerprint density at radius 2 is 1.81 bits per heavy atom. The Kier molecular flexibility index (Phi) is 6.54. The average Bonchev–Trinajstić information content (AvgIpc) is 2.53. The van der Waals surface area contributed by atoms with E-state index in [9.17, 15) is 8.42 Å². The first kappa shape index (κ1) is 16.8. The van der Waals surface area contributed by atoms with Crippen LogP contribution in [0.15, 0.2) is 29.2 Å². The highest BCUT2D eigenvalue weighted by molar-refractivity contribution is 7.99. The molecule has 0 radical (unpaired) electrons. The summed E-state index contributed by atoms with van der Waals surface area (Å²) in [4.78, 5) is 0.416. The molecule has 118 valence electrons. The van der Waals surface area contributed by atoms with Crippen molar-refractivity contribution in [2.75, 3.05) is 37.7 Å². The third-order valence-corrected chi connectivity index (χ3v) is 6.40. The fraction of sp³-hybridized carbons (Fsp3) is 0.600. The van der Waals surface area contributed by atoms with E-state index in [0.717, 1.165) is 37.4 Å². The SMILES string of the molecule is CCCNCCc1ccc(S(=O)(=O)N2CCSCC2)cc1. The van der Waals surface area contributed by atoms with Gasteiger partial charge in [-0.15, -0.1) is 0 Å². The lowest BCUT2D eigenvalue weighted by atomic mass is 10.1. The monoisotopic (exact) mass is 328 g/mol. The average molecular weight is 329 g/mol. The van der Waals surface area contributed by atoms with Gasteiger partial charge in [-0.25, -0.2) is 8.42 Å². The second kappa shape index (κ2) is 8.17. The zero-order valence-corrected chi connectivity index (χ0v) is 14.2. The van der Waals surface area contributed by atoms with Gasteiger partial charge >= 0.3 is 0 Å². The van der Waals surface area contributed by atoms with Crippen LogP contribution >= 0.6 is 11.8 Å². The van der Waals surface area contributed by atoms with Gasteiger partial charge < -0.3 is 5.32 Å². The number of rotatable bonds is 7. The fourth-order valence-electron chi connectivity index (χ4n) is 2.30. The summed E-state index contributed by atoms with van der Waals surface area (Å²) in [5, 5.41) is 3.35. The molecule has 1 N–H and O–H groups in total. The molecule has 0 bridgehead atoms. The number of sulfonamides is 1. The van der Waals surface area contributed by atoms with Crippen LogP contribution < -0.4 is 5.32 Å². The summed E-state index contributed by atoms with van der Waals surface area (Å²) in [6, 6.07) is 7.34. The number of nitrogens with zero attached hydrogens (tertiary/aromatic N) is 1. The molecule has 1 fully saturated rings. The molecule has 0 aliphatic carbocycles. The van der Waals surface area contributed by atoms with Crippen LogP contribution in [0.3, 0.4) is 0 Å². The van der Waals surface area contributed by atoms with E-state index in [1.54, 1.807) is 16.4 Å². The van der Waals surface area contributed by atoms with Crippen molar-refractivity contribution in [2.45, 2.75) is 24.7 Å². The normalized spacial score (nSPS) is 17.0. The van der Waals surface area contributed by atoms with Crippen LogP contribution in [0.4, 0.5) is 0 Å². The Balaban J connectivity index is 1.97. The lowest BCUT2D eigenvalue weighted by Crippen LogP contribution is -2.37. The number of benzene rings is 1. The molecular formula is C15H24N2O2S2. The van der Waals surface area contributed by atoms with Gasteiger partial charge in [-0.2, -0.15) is 16.1 Å². The van der Waals surface area contributed by atoms with Crippen molar-refractivity contribution in [3.63, 3.8) is 0 Å². The molecule has 1 heterocycles. The summed E-state index contributed by atoms with van der Waals surface area (Å²) >= 11 is 1.81. The van der Waals surface area contributed by atoms with Crippen LogP contribution in [0.5, 0.6) is 0 Å². The van der Waals surface area contributed by atoms with Crippen molar-refractivity contribution in [1.29, 1.82) is 0 Å². The van der Waals surface area contributed by atoms with Crippen LogP contribution in [0.2, 0.25) is 0 Å². The minimum atomic E-state index is -3.30. The van der Waals surface area contributed by atoms with E-state index in [1.165, 1.54) is 5.56 Å². The van der Waals surface area contributed by atoms with Crippen LogP contribution in [-0.2, 0) is 16.4 Å². The highest BCUT2D eigenvalue weighted by Gasteiger charge is 2.25. The van der Waals surface area contributed by atoms with Crippen LogP contribution in [-0.4, -0.2) is 50.4 Å². The predicted octanol–water partition coefficient (Wildman–Crippen LogP) is 1.97. The second-order valence-electron chi connectivity index (χ2n) is 5.16. The van der Waals surface area contributed by atoms with Gasteiger partial charge in [0.25, 0.3) is 0 Å². The minimum Gasteiger partial charge on any atom is -0.316 e. The van der Waals surface area contributed by atoms with Gasteiger partial charge in [-0.3, -0.25) is 0 Å². The Morgan fingerprint density at radius 3 is 2.43 bits per heavy atom. The van der Waals surface area contributed by atoms with Crippen molar-refractivity contribution in [3.8, 4) is 0 Å². The van der Waals surface area contributed by atoms with Gasteiger partial charge in [0.15, 0.2) is 0 Å². The molecule has 1 aromatic carbocycles. The first-order valence-electron chi connectivity index (χ1n) is 7.52. The highest BCUT2D eigenvalue weighted by Crippen LogP contribution is 2.20. The molecule has 1 aliphatic rings. The van der Waals surface area contributed by atoms with Gasteiger partial charge in [-0.05, 0) is 43.6 Å². The van der Waals surface area contributed by atoms with Crippen LogP contribution in [0, 0.1) is 0 Å². The number of hydrogen-bond acceptors (Lipinski definition) is 4. The molecule has 1 aliphatic heterocycles. The zero-order valence-electron chi connectivity index (χ0n) is 12.5. The Bertz CT molecular complexity index is 523. The number of hydrogen-bond donors (Lipinski definition) is 1. The first-order valence-corrected chi connectivity index (χ1v) is 10.1. The quantitative estimate of drug-likeness (QED) is 0.778. The lowest BCUT2D eigenvalue weighted by molar-refractivity contribution is 0.443. The van der Waals surface area contributed by atoms with Crippen molar-refractivity contribution >= 4 is 21.8 Å². The number of nitrogens with one attached hydrogen (secondary N) is 1. The van der Waals surface area contributed by atoms with Crippen LogP contribution in [0.25, 0.3) is 0 Å². The van der Waals surface area contributed by atoms with E-state index >= 15 is 0 Å².